The van der Waals surface area contributed by atoms with Gasteiger partial charge < -0.3 is 9.84 Å². The van der Waals surface area contributed by atoms with Gasteiger partial charge in [0.25, 0.3) is 0 Å². The Bertz CT molecular complexity index is 365. The molecule has 1 N–H and O–H groups in total. The molecule has 1 unspecified atom stereocenters. The summed E-state index contributed by atoms with van der Waals surface area (Å²) >= 11 is 1.95. The van der Waals surface area contributed by atoms with Crippen molar-refractivity contribution in [3.8, 4) is 0 Å². The highest BCUT2D eigenvalue weighted by Crippen LogP contribution is 2.28. The third-order valence-electron chi connectivity index (χ3n) is 3.04. The van der Waals surface area contributed by atoms with Crippen LogP contribution in [0.25, 0.3) is 0 Å². The van der Waals surface area contributed by atoms with Crippen LogP contribution in [0.2, 0.25) is 0 Å². The lowest BCUT2D eigenvalue weighted by molar-refractivity contribution is 0.257. The van der Waals surface area contributed by atoms with Crippen molar-refractivity contribution in [2.45, 2.75) is 24.9 Å². The summed E-state index contributed by atoms with van der Waals surface area (Å²) < 4.78 is 5.21. The van der Waals surface area contributed by atoms with Gasteiger partial charge in [0.2, 0.25) is 0 Å². The van der Waals surface area contributed by atoms with Crippen molar-refractivity contribution in [3.63, 3.8) is 0 Å². The van der Waals surface area contributed by atoms with E-state index in [0.29, 0.717) is 18.1 Å². The van der Waals surface area contributed by atoms with E-state index in [1.54, 1.807) is 0 Å². The number of anilines is 1. The first kappa shape index (κ1) is 10.4. The maximum atomic E-state index is 5.21. The van der Waals surface area contributed by atoms with Gasteiger partial charge in [0.05, 0.1) is 6.04 Å². The van der Waals surface area contributed by atoms with Crippen LogP contribution < -0.4 is 5.32 Å². The Kier molecular flexibility index (Phi) is 2.77. The summed E-state index contributed by atoms with van der Waals surface area (Å²) in [5, 5.41) is 7.29. The Morgan fingerprint density at radius 2 is 2.38 bits per heavy atom. The molecule has 1 aliphatic heterocycles. The van der Waals surface area contributed by atoms with Crippen LogP contribution in [0, 0.1) is 0 Å². The van der Waals surface area contributed by atoms with Crippen molar-refractivity contribution in [3.05, 3.63) is 5.82 Å². The molecule has 1 atom stereocenters. The second-order valence-electron chi connectivity index (χ2n) is 4.45. The van der Waals surface area contributed by atoms with E-state index in [9.17, 15) is 0 Å². The van der Waals surface area contributed by atoms with Gasteiger partial charge in [-0.3, -0.25) is 4.90 Å². The summed E-state index contributed by atoms with van der Waals surface area (Å²) in [4.78, 5) is 6.71. The summed E-state index contributed by atoms with van der Waals surface area (Å²) in [7, 11) is 2.12. The zero-order chi connectivity index (χ0) is 11.0. The number of nitrogens with one attached hydrogen (secondary N) is 1. The van der Waals surface area contributed by atoms with Gasteiger partial charge in [-0.15, -0.1) is 0 Å². The lowest BCUT2D eigenvalue weighted by Gasteiger charge is -2.29. The molecule has 5 nitrogen and oxygen atoms in total. The predicted octanol–water partition coefficient (Wildman–Crippen LogP) is 1.36. The fraction of sp³-hybridized carbons (Fsp3) is 0.800. The van der Waals surface area contributed by atoms with Crippen LogP contribution in [0.4, 0.5) is 6.01 Å². The summed E-state index contributed by atoms with van der Waals surface area (Å²) in [6, 6.07) is 1.45. The number of hydrogen-bond donors (Lipinski definition) is 1. The van der Waals surface area contributed by atoms with Gasteiger partial charge in [-0.1, -0.05) is 5.16 Å². The third-order valence-corrected chi connectivity index (χ3v) is 4.06. The first-order valence-electron chi connectivity index (χ1n) is 5.71. The standard InChI is InChI=1S/C10H16N4OS/c1-14-4-5-16-6-8(14)9-12-10(15-13-9)11-7-2-3-7/h7-8H,2-6H2,1H3,(H,11,12,13). The molecule has 0 radical (unpaired) electrons. The van der Waals surface area contributed by atoms with Crippen LogP contribution >= 0.6 is 11.8 Å². The smallest absolute Gasteiger partial charge is 0.321 e. The Morgan fingerprint density at radius 1 is 1.50 bits per heavy atom. The molecule has 2 fully saturated rings. The monoisotopic (exact) mass is 240 g/mol. The zero-order valence-electron chi connectivity index (χ0n) is 9.35. The van der Waals surface area contributed by atoms with Crippen molar-refractivity contribution >= 4 is 17.8 Å². The fourth-order valence-corrected chi connectivity index (χ4v) is 3.00. The fourth-order valence-electron chi connectivity index (χ4n) is 1.79. The third kappa shape index (κ3) is 2.17. The SMILES string of the molecule is CN1CCSCC1c1noc(NC2CC2)n1. The molecule has 0 amide bonds. The molecule has 2 aliphatic rings. The Morgan fingerprint density at radius 3 is 3.12 bits per heavy atom. The molecule has 0 bridgehead atoms. The number of nitrogens with zero attached hydrogens (tertiary/aromatic N) is 3. The number of thioether (sulfide) groups is 1. The van der Waals surface area contributed by atoms with Gasteiger partial charge in [-0.2, -0.15) is 16.7 Å². The van der Waals surface area contributed by atoms with Crippen molar-refractivity contribution in [2.75, 3.05) is 30.4 Å². The lowest BCUT2D eigenvalue weighted by atomic mass is 10.3. The Hall–Kier alpha value is -0.750. The second kappa shape index (κ2) is 4.25. The molecule has 16 heavy (non-hydrogen) atoms. The minimum atomic E-state index is 0.303. The van der Waals surface area contributed by atoms with Gasteiger partial charge >= 0.3 is 6.01 Å². The van der Waals surface area contributed by atoms with Crippen molar-refractivity contribution in [1.82, 2.24) is 15.0 Å². The van der Waals surface area contributed by atoms with E-state index < -0.39 is 0 Å². The van der Waals surface area contributed by atoms with Crippen molar-refractivity contribution in [2.24, 2.45) is 0 Å². The van der Waals surface area contributed by atoms with Crippen LogP contribution in [0.3, 0.4) is 0 Å². The minimum Gasteiger partial charge on any atom is -0.335 e. The highest BCUT2D eigenvalue weighted by molar-refractivity contribution is 7.99. The molecule has 3 rings (SSSR count). The molecule has 6 heteroatoms. The van der Waals surface area contributed by atoms with Crippen LogP contribution in [0.5, 0.6) is 0 Å². The summed E-state index contributed by atoms with van der Waals surface area (Å²) in [5.41, 5.74) is 0. The highest BCUT2D eigenvalue weighted by atomic mass is 32.2. The summed E-state index contributed by atoms with van der Waals surface area (Å²) in [5.74, 6) is 3.06. The Balaban J connectivity index is 1.69. The van der Waals surface area contributed by atoms with E-state index >= 15 is 0 Å². The number of hydrogen-bond acceptors (Lipinski definition) is 6. The number of rotatable bonds is 3. The maximum absolute atomic E-state index is 5.21. The van der Waals surface area contributed by atoms with Crippen LogP contribution in [0.1, 0.15) is 24.7 Å². The molecule has 0 aromatic carbocycles. The van der Waals surface area contributed by atoms with Crippen LogP contribution in [-0.4, -0.2) is 46.2 Å². The van der Waals surface area contributed by atoms with E-state index in [4.69, 9.17) is 4.52 Å². The van der Waals surface area contributed by atoms with E-state index in [1.807, 2.05) is 11.8 Å². The molecule has 0 spiro atoms. The van der Waals surface area contributed by atoms with Gasteiger partial charge in [0.1, 0.15) is 0 Å². The molecule has 2 heterocycles. The van der Waals surface area contributed by atoms with Gasteiger partial charge in [0.15, 0.2) is 5.82 Å². The molecule has 1 aromatic rings. The molecule has 1 aromatic heterocycles. The minimum absolute atomic E-state index is 0.303. The molecule has 88 valence electrons. The van der Waals surface area contributed by atoms with E-state index in [1.165, 1.54) is 18.6 Å². The van der Waals surface area contributed by atoms with E-state index in [-0.39, 0.29) is 0 Å². The maximum Gasteiger partial charge on any atom is 0.321 e. The normalized spacial score (nSPS) is 26.9. The summed E-state index contributed by atoms with van der Waals surface area (Å²) in [6.45, 7) is 1.09. The molecule has 1 saturated carbocycles. The first-order valence-corrected chi connectivity index (χ1v) is 6.86. The van der Waals surface area contributed by atoms with Gasteiger partial charge in [0, 0.05) is 24.1 Å². The number of aromatic nitrogens is 2. The van der Waals surface area contributed by atoms with E-state index in [0.717, 1.165) is 18.1 Å². The second-order valence-corrected chi connectivity index (χ2v) is 5.60. The van der Waals surface area contributed by atoms with Gasteiger partial charge in [-0.05, 0) is 19.9 Å². The highest BCUT2D eigenvalue weighted by Gasteiger charge is 2.27. The van der Waals surface area contributed by atoms with E-state index in [2.05, 4.69) is 27.4 Å². The van der Waals surface area contributed by atoms with Crippen LogP contribution in [0.15, 0.2) is 4.52 Å². The molecular formula is C10H16N4OS. The quantitative estimate of drug-likeness (QED) is 0.861. The average molecular weight is 240 g/mol. The topological polar surface area (TPSA) is 54.2 Å². The Labute approximate surface area is 99.0 Å². The molecular weight excluding hydrogens is 224 g/mol. The zero-order valence-corrected chi connectivity index (χ0v) is 10.2. The first-order chi connectivity index (χ1) is 7.83. The average Bonchev–Trinajstić information content (AvgIpc) is 2.97. The summed E-state index contributed by atoms with van der Waals surface area (Å²) in [6.07, 6.45) is 2.44. The van der Waals surface area contributed by atoms with Crippen LogP contribution in [-0.2, 0) is 0 Å². The van der Waals surface area contributed by atoms with Crippen molar-refractivity contribution in [1.29, 1.82) is 0 Å². The van der Waals surface area contributed by atoms with Crippen molar-refractivity contribution < 1.29 is 4.52 Å². The van der Waals surface area contributed by atoms with Gasteiger partial charge in [-0.25, -0.2) is 0 Å². The largest absolute Gasteiger partial charge is 0.335 e. The lowest BCUT2D eigenvalue weighted by Crippen LogP contribution is -2.33. The predicted molar refractivity (Wildman–Crippen MR) is 63.6 cm³/mol. The molecule has 1 saturated heterocycles. The molecule has 1 aliphatic carbocycles.